The second kappa shape index (κ2) is 12.5. The zero-order valence-corrected chi connectivity index (χ0v) is 32.1. The van der Waals surface area contributed by atoms with Gasteiger partial charge in [-0.15, -0.1) is 0 Å². The lowest BCUT2D eigenvalue weighted by Gasteiger charge is -2.42. The number of rotatable bonds is 8. The number of carbonyl (C=O) groups is 2. The molecule has 2 bridgehead atoms. The Balaban J connectivity index is 1.27. The van der Waals surface area contributed by atoms with Gasteiger partial charge in [-0.25, -0.2) is 4.72 Å². The summed E-state index contributed by atoms with van der Waals surface area (Å²) < 4.78 is 65.4. The van der Waals surface area contributed by atoms with E-state index in [1.165, 1.54) is 48.8 Å². The molecule has 1 aromatic heterocycles. The van der Waals surface area contributed by atoms with E-state index in [2.05, 4.69) is 21.4 Å². The van der Waals surface area contributed by atoms with Gasteiger partial charge < -0.3 is 14.2 Å². The van der Waals surface area contributed by atoms with Crippen LogP contribution in [0.2, 0.25) is 0 Å². The van der Waals surface area contributed by atoms with Crippen LogP contribution in [0, 0.1) is 5.41 Å². The van der Waals surface area contributed by atoms with Crippen LogP contribution in [0.3, 0.4) is 0 Å². The maximum atomic E-state index is 15.2. The van der Waals surface area contributed by atoms with Gasteiger partial charge in [-0.1, -0.05) is 25.3 Å². The van der Waals surface area contributed by atoms with Gasteiger partial charge in [0.15, 0.2) is 0 Å². The first-order chi connectivity index (χ1) is 24.7. The van der Waals surface area contributed by atoms with E-state index in [0.29, 0.717) is 18.9 Å². The fourth-order valence-corrected chi connectivity index (χ4v) is 11.3. The highest BCUT2D eigenvalue weighted by Crippen LogP contribution is 2.66. The quantitative estimate of drug-likeness (QED) is 0.369. The zero-order chi connectivity index (χ0) is 36.9. The molecule has 0 unspecified atom stereocenters. The Hall–Kier alpha value is -3.50. The summed E-state index contributed by atoms with van der Waals surface area (Å²) in [5, 5.41) is 1.01. The second-order valence-electron chi connectivity index (χ2n) is 15.7. The molecule has 2 saturated heterocycles. The van der Waals surface area contributed by atoms with Gasteiger partial charge >= 0.3 is 10.2 Å². The molecule has 280 valence electrons. The van der Waals surface area contributed by atoms with Crippen LogP contribution in [0.15, 0.2) is 36.4 Å². The molecule has 1 N–H and O–H groups in total. The number of hydrogen-bond acceptors (Lipinski definition) is 7. The Kier molecular flexibility index (Phi) is 8.57. The third-order valence-electron chi connectivity index (χ3n) is 12.4. The average molecular weight is 753 g/mol. The molecule has 2 amide bonds. The number of fused-ring (bicyclic) bond motifs is 9. The van der Waals surface area contributed by atoms with E-state index in [9.17, 15) is 21.6 Å². The summed E-state index contributed by atoms with van der Waals surface area (Å²) >= 11 is 0. The van der Waals surface area contributed by atoms with Gasteiger partial charge in [-0.05, 0) is 79.5 Å². The molecule has 3 aromatic rings. The van der Waals surface area contributed by atoms with Crippen molar-refractivity contribution in [2.75, 3.05) is 48.4 Å². The Morgan fingerprint density at radius 3 is 2.21 bits per heavy atom. The summed E-state index contributed by atoms with van der Waals surface area (Å²) in [6.45, 7) is 0.931. The van der Waals surface area contributed by atoms with Crippen molar-refractivity contribution in [3.8, 4) is 17.0 Å². The van der Waals surface area contributed by atoms with E-state index >= 15 is 4.79 Å². The first-order valence-corrected chi connectivity index (χ1v) is 21.1. The first kappa shape index (κ1) is 35.5. The predicted octanol–water partition coefficient (Wildman–Crippen LogP) is 3.87. The second-order valence-corrected chi connectivity index (χ2v) is 19.7. The van der Waals surface area contributed by atoms with Crippen LogP contribution in [0.5, 0.6) is 5.75 Å². The Morgan fingerprint density at radius 2 is 1.58 bits per heavy atom. The van der Waals surface area contributed by atoms with Crippen LogP contribution < -0.4 is 9.46 Å². The summed E-state index contributed by atoms with van der Waals surface area (Å²) in [7, 11) is -0.181. The molecule has 13 nitrogen and oxygen atoms in total. The Bertz CT molecular complexity index is 2180. The van der Waals surface area contributed by atoms with Crippen molar-refractivity contribution >= 4 is 43.1 Å². The molecule has 5 aliphatic rings. The fourth-order valence-electron chi connectivity index (χ4n) is 9.56. The zero-order valence-electron chi connectivity index (χ0n) is 30.5. The number of benzene rings is 2. The highest BCUT2D eigenvalue weighted by molar-refractivity contribution is 7.87. The topological polar surface area (TPSA) is 142 Å². The molecule has 0 spiro atoms. The van der Waals surface area contributed by atoms with Gasteiger partial charge in [-0.3, -0.25) is 9.59 Å². The normalized spacial score (nSPS) is 26.2. The molecule has 4 fully saturated rings. The minimum absolute atomic E-state index is 0.0561. The smallest absolute Gasteiger partial charge is 0.303 e. The minimum atomic E-state index is -4.02. The number of nitrogens with zero attached hydrogens (tertiary/aromatic N) is 5. The number of piperazine rings is 1. The first-order valence-electron chi connectivity index (χ1n) is 18.3. The van der Waals surface area contributed by atoms with Gasteiger partial charge in [0.05, 0.1) is 18.2 Å². The summed E-state index contributed by atoms with van der Waals surface area (Å²) in [6, 6.07) is 11.2. The van der Waals surface area contributed by atoms with E-state index < -0.39 is 31.7 Å². The fraction of sp³-hybridized carbons (Fsp3) is 0.568. The molecule has 2 aliphatic carbocycles. The number of aromatic nitrogens is 1. The third kappa shape index (κ3) is 5.48. The Labute approximate surface area is 306 Å². The summed E-state index contributed by atoms with van der Waals surface area (Å²) in [4.78, 5) is 30.6. The van der Waals surface area contributed by atoms with Crippen molar-refractivity contribution in [3.63, 3.8) is 0 Å². The van der Waals surface area contributed by atoms with E-state index in [4.69, 9.17) is 4.74 Å². The van der Waals surface area contributed by atoms with E-state index in [1.807, 2.05) is 17.0 Å². The van der Waals surface area contributed by atoms with Gasteiger partial charge in [0.25, 0.3) is 16.1 Å². The molecule has 4 atom stereocenters. The molecule has 3 aliphatic heterocycles. The predicted molar refractivity (Wildman–Crippen MR) is 197 cm³/mol. The van der Waals surface area contributed by atoms with Crippen LogP contribution in [-0.4, -0.2) is 112 Å². The standard InChI is InChI=1S/C37H48N6O7S2/c1-39(2)51(46,47)38-35(44)24-11-15-29-32(17-24)42-22-37(36(45)43-25-12-13-26(43)21-41(20-25)52(48,49)40(3)4)19-31(37)30-18-27(50-5)14-16-28(30)34(42)33(29)23-9-7-6-8-10-23/h11,14-18,23,25-26,31H,6-10,12-13,19-22H2,1-5H3,(H,38,44)/t25-,26-,31+,37+/m1/s1. The van der Waals surface area contributed by atoms with Crippen LogP contribution >= 0.6 is 0 Å². The van der Waals surface area contributed by atoms with Crippen molar-refractivity contribution in [3.05, 3.63) is 53.1 Å². The summed E-state index contributed by atoms with van der Waals surface area (Å²) in [5.74, 6) is 0.278. The molecular formula is C37H48N6O7S2. The van der Waals surface area contributed by atoms with Crippen molar-refractivity contribution in [2.24, 2.45) is 5.41 Å². The molecule has 52 heavy (non-hydrogen) atoms. The van der Waals surface area contributed by atoms with Gasteiger partial charge in [-0.2, -0.15) is 29.8 Å². The van der Waals surface area contributed by atoms with Crippen LogP contribution in [0.1, 0.15) is 84.7 Å². The number of methoxy groups -OCH3 is 1. The van der Waals surface area contributed by atoms with Crippen molar-refractivity contribution < 1.29 is 31.2 Å². The lowest BCUT2D eigenvalue weighted by atomic mass is 9.81. The molecule has 8 rings (SSSR count). The van der Waals surface area contributed by atoms with Crippen LogP contribution in [-0.2, 0) is 31.8 Å². The summed E-state index contributed by atoms with van der Waals surface area (Å²) in [6.07, 6.45) is 7.65. The van der Waals surface area contributed by atoms with Crippen LogP contribution in [0.25, 0.3) is 22.2 Å². The monoisotopic (exact) mass is 752 g/mol. The molecule has 15 heteroatoms. The van der Waals surface area contributed by atoms with Gasteiger partial charge in [0.1, 0.15) is 5.75 Å². The average Bonchev–Trinajstić information content (AvgIpc) is 3.71. The van der Waals surface area contributed by atoms with Crippen molar-refractivity contribution in [2.45, 2.75) is 81.8 Å². The highest BCUT2D eigenvalue weighted by Gasteiger charge is 2.66. The van der Waals surface area contributed by atoms with Gasteiger partial charge in [0.2, 0.25) is 5.91 Å². The number of ether oxygens (including phenoxy) is 1. The lowest BCUT2D eigenvalue weighted by molar-refractivity contribution is -0.142. The third-order valence-corrected chi connectivity index (χ3v) is 15.7. The molecular weight excluding hydrogens is 705 g/mol. The highest BCUT2D eigenvalue weighted by atomic mass is 32.2. The molecule has 2 saturated carbocycles. The number of nitrogens with one attached hydrogen (secondary N) is 1. The van der Waals surface area contributed by atoms with Crippen molar-refractivity contribution in [1.82, 2.24) is 27.1 Å². The lowest BCUT2D eigenvalue weighted by Crippen LogP contribution is -2.60. The maximum Gasteiger partial charge on any atom is 0.303 e. The number of amides is 2. The van der Waals surface area contributed by atoms with E-state index in [1.54, 1.807) is 19.2 Å². The molecule has 4 heterocycles. The van der Waals surface area contributed by atoms with Crippen LogP contribution in [0.4, 0.5) is 0 Å². The SMILES string of the molecule is COc1ccc2c(c1)[C@@H]1C[C@]1(C(=O)N1[C@@H]3CC[C@@H]1CN(S(=O)(=O)N(C)C)C3)Cn1c-2c(C2CCCCC2)c2ccc(C(=O)NS(=O)(=O)N(C)C)cc21. The van der Waals surface area contributed by atoms with E-state index in [0.717, 1.165) is 76.3 Å². The Morgan fingerprint density at radius 1 is 0.885 bits per heavy atom. The molecule has 2 aromatic carbocycles. The van der Waals surface area contributed by atoms with Gasteiger partial charge in [0, 0.05) is 87.9 Å². The van der Waals surface area contributed by atoms with E-state index in [-0.39, 0.29) is 42.6 Å². The molecule has 0 radical (unpaired) electrons. The number of hydrogen-bond donors (Lipinski definition) is 1. The van der Waals surface area contributed by atoms with Crippen molar-refractivity contribution in [1.29, 1.82) is 0 Å². The number of carbonyl (C=O) groups excluding carboxylic acids is 2. The largest absolute Gasteiger partial charge is 0.497 e. The maximum absolute atomic E-state index is 15.2. The minimum Gasteiger partial charge on any atom is -0.497 e. The summed E-state index contributed by atoms with van der Waals surface area (Å²) in [5.41, 5.74) is 4.65.